The lowest BCUT2D eigenvalue weighted by Gasteiger charge is -2.20. The largest absolute Gasteiger partial charge is 0.462 e. The second-order valence-electron chi connectivity index (χ2n) is 5.60. The van der Waals surface area contributed by atoms with Crippen LogP contribution in [0.25, 0.3) is 0 Å². The first-order valence-electron chi connectivity index (χ1n) is 7.96. The molecule has 1 aromatic rings. The Bertz CT molecular complexity index is 770. The number of carbonyl (C=O) groups excluding carboxylic acids is 1. The average Bonchev–Trinajstić information content (AvgIpc) is 2.84. The molecule has 0 bridgehead atoms. The number of nitro benzene ring substituents is 1. The van der Waals surface area contributed by atoms with Gasteiger partial charge in [-0.05, 0) is 32.9 Å². The minimum Gasteiger partial charge on any atom is -0.462 e. The van der Waals surface area contributed by atoms with Crippen molar-refractivity contribution in [3.05, 3.63) is 33.4 Å². The molecule has 1 N–H and O–H groups in total. The minimum atomic E-state index is -3.95. The Hall–Kier alpha value is -2.04. The summed E-state index contributed by atoms with van der Waals surface area (Å²) >= 11 is 0. The number of ether oxygens (including phenoxy) is 1. The molecule has 9 nitrogen and oxygen atoms in total. The molecule has 0 aromatic heterocycles. The van der Waals surface area contributed by atoms with Crippen molar-refractivity contribution < 1.29 is 22.9 Å². The first kappa shape index (κ1) is 19.3. The van der Waals surface area contributed by atoms with Crippen LogP contribution in [0.3, 0.4) is 0 Å². The van der Waals surface area contributed by atoms with E-state index < -0.39 is 26.6 Å². The number of nitrogens with zero attached hydrogens (tertiary/aromatic N) is 2. The summed E-state index contributed by atoms with van der Waals surface area (Å²) < 4.78 is 31.9. The van der Waals surface area contributed by atoms with Crippen molar-refractivity contribution >= 4 is 21.7 Å². The fourth-order valence-electron chi connectivity index (χ4n) is 2.64. The molecule has 0 radical (unpaired) electrons. The lowest BCUT2D eigenvalue weighted by molar-refractivity contribution is -0.385. The molecule has 1 aliphatic heterocycles. The standard InChI is InChI=1S/C15H21N3O6S/c1-3-24-15(19)13-9-12(10-14(11(13)2)18(20)21)25(22,23)17-7-4-5-16-6-8-17/h9-10,16H,3-8H2,1-2H3. The number of carbonyl (C=O) groups is 1. The summed E-state index contributed by atoms with van der Waals surface area (Å²) in [5.74, 6) is -0.780. The third-order valence-electron chi connectivity index (χ3n) is 3.98. The second kappa shape index (κ2) is 7.89. The molecule has 0 unspecified atom stereocenters. The van der Waals surface area contributed by atoms with E-state index in [1.807, 2.05) is 0 Å². The van der Waals surface area contributed by atoms with Crippen LogP contribution in [0.4, 0.5) is 5.69 Å². The van der Waals surface area contributed by atoms with Gasteiger partial charge in [-0.3, -0.25) is 10.1 Å². The molecule has 1 saturated heterocycles. The number of benzene rings is 1. The highest BCUT2D eigenvalue weighted by Gasteiger charge is 2.30. The fourth-order valence-corrected chi connectivity index (χ4v) is 4.17. The Labute approximate surface area is 146 Å². The molecule has 0 spiro atoms. The van der Waals surface area contributed by atoms with Crippen LogP contribution in [0.15, 0.2) is 17.0 Å². The van der Waals surface area contributed by atoms with Crippen molar-refractivity contribution in [1.82, 2.24) is 9.62 Å². The highest BCUT2D eigenvalue weighted by atomic mass is 32.2. The monoisotopic (exact) mass is 371 g/mol. The molecule has 10 heteroatoms. The second-order valence-corrected chi connectivity index (χ2v) is 7.54. The van der Waals surface area contributed by atoms with Gasteiger partial charge in [-0.1, -0.05) is 0 Å². The molecule has 1 fully saturated rings. The van der Waals surface area contributed by atoms with Crippen molar-refractivity contribution in [3.8, 4) is 0 Å². The lowest BCUT2D eigenvalue weighted by atomic mass is 10.1. The zero-order chi connectivity index (χ0) is 18.6. The van der Waals surface area contributed by atoms with E-state index in [1.165, 1.54) is 11.2 Å². The van der Waals surface area contributed by atoms with Crippen molar-refractivity contribution in [3.63, 3.8) is 0 Å². The van der Waals surface area contributed by atoms with Gasteiger partial charge in [0, 0.05) is 31.3 Å². The van der Waals surface area contributed by atoms with Gasteiger partial charge in [0.2, 0.25) is 10.0 Å². The number of nitro groups is 1. The lowest BCUT2D eigenvalue weighted by Crippen LogP contribution is -2.34. The average molecular weight is 371 g/mol. The summed E-state index contributed by atoms with van der Waals surface area (Å²) in [7, 11) is -3.95. The van der Waals surface area contributed by atoms with Gasteiger partial charge < -0.3 is 10.1 Å². The van der Waals surface area contributed by atoms with Crippen LogP contribution in [0, 0.1) is 17.0 Å². The van der Waals surface area contributed by atoms with E-state index >= 15 is 0 Å². The first-order chi connectivity index (χ1) is 11.8. The molecule has 1 heterocycles. The predicted octanol–water partition coefficient (Wildman–Crippen LogP) is 1.06. The normalized spacial score (nSPS) is 16.2. The number of rotatable bonds is 5. The number of nitrogens with one attached hydrogen (secondary N) is 1. The third kappa shape index (κ3) is 4.14. The van der Waals surface area contributed by atoms with Gasteiger partial charge in [0.25, 0.3) is 5.69 Å². The van der Waals surface area contributed by atoms with Gasteiger partial charge in [-0.25, -0.2) is 13.2 Å². The SMILES string of the molecule is CCOC(=O)c1cc(S(=O)(=O)N2CCCNCC2)cc([N+](=O)[O-])c1C. The molecule has 1 aliphatic rings. The summed E-state index contributed by atoms with van der Waals surface area (Å²) in [6.45, 7) is 4.86. The van der Waals surface area contributed by atoms with E-state index in [1.54, 1.807) is 6.92 Å². The number of hydrogen-bond donors (Lipinski definition) is 1. The fraction of sp³-hybridized carbons (Fsp3) is 0.533. The van der Waals surface area contributed by atoms with E-state index in [2.05, 4.69) is 5.32 Å². The molecule has 2 rings (SSSR count). The summed E-state index contributed by atoms with van der Waals surface area (Å²) in [5, 5.41) is 14.4. The van der Waals surface area contributed by atoms with Gasteiger partial charge in [0.1, 0.15) is 0 Å². The quantitative estimate of drug-likeness (QED) is 0.467. The van der Waals surface area contributed by atoms with Gasteiger partial charge in [0.05, 0.1) is 22.0 Å². The van der Waals surface area contributed by atoms with Crippen LogP contribution >= 0.6 is 0 Å². The molecular weight excluding hydrogens is 350 g/mol. The topological polar surface area (TPSA) is 119 Å². The smallest absolute Gasteiger partial charge is 0.338 e. The maximum absolute atomic E-state index is 12.9. The van der Waals surface area contributed by atoms with Gasteiger partial charge in [0.15, 0.2) is 0 Å². The van der Waals surface area contributed by atoms with Gasteiger partial charge in [-0.2, -0.15) is 4.31 Å². The van der Waals surface area contributed by atoms with E-state index in [0.717, 1.165) is 12.1 Å². The predicted molar refractivity (Wildman–Crippen MR) is 90.0 cm³/mol. The zero-order valence-electron chi connectivity index (χ0n) is 14.1. The molecular formula is C15H21N3O6S. The Balaban J connectivity index is 2.56. The van der Waals surface area contributed by atoms with E-state index in [4.69, 9.17) is 4.74 Å². The van der Waals surface area contributed by atoms with Crippen LogP contribution < -0.4 is 5.32 Å². The summed E-state index contributed by atoms with van der Waals surface area (Å²) in [6.07, 6.45) is 0.637. The van der Waals surface area contributed by atoms with E-state index in [9.17, 15) is 23.3 Å². The molecule has 25 heavy (non-hydrogen) atoms. The van der Waals surface area contributed by atoms with E-state index in [-0.39, 0.29) is 29.2 Å². The minimum absolute atomic E-state index is 0.0833. The Morgan fingerprint density at radius 2 is 2.08 bits per heavy atom. The Morgan fingerprint density at radius 3 is 2.72 bits per heavy atom. The maximum atomic E-state index is 12.9. The van der Waals surface area contributed by atoms with Crippen LogP contribution in [0.5, 0.6) is 0 Å². The molecule has 0 atom stereocenters. The highest BCUT2D eigenvalue weighted by molar-refractivity contribution is 7.89. The zero-order valence-corrected chi connectivity index (χ0v) is 15.0. The number of esters is 1. The van der Waals surface area contributed by atoms with Crippen LogP contribution in [-0.4, -0.2) is 56.4 Å². The van der Waals surface area contributed by atoms with Crippen LogP contribution in [0.1, 0.15) is 29.3 Å². The van der Waals surface area contributed by atoms with Gasteiger partial charge in [-0.15, -0.1) is 0 Å². The Morgan fingerprint density at radius 1 is 1.36 bits per heavy atom. The maximum Gasteiger partial charge on any atom is 0.338 e. The van der Waals surface area contributed by atoms with Crippen molar-refractivity contribution in [2.45, 2.75) is 25.2 Å². The van der Waals surface area contributed by atoms with Crippen LogP contribution in [0.2, 0.25) is 0 Å². The number of hydrogen-bond acceptors (Lipinski definition) is 7. The van der Waals surface area contributed by atoms with Crippen LogP contribution in [-0.2, 0) is 14.8 Å². The summed E-state index contributed by atoms with van der Waals surface area (Å²) in [5.41, 5.74) is -0.445. The molecule has 0 aliphatic carbocycles. The van der Waals surface area contributed by atoms with E-state index in [0.29, 0.717) is 26.1 Å². The molecule has 138 valence electrons. The third-order valence-corrected chi connectivity index (χ3v) is 5.86. The first-order valence-corrected chi connectivity index (χ1v) is 9.40. The van der Waals surface area contributed by atoms with Crippen molar-refractivity contribution in [1.29, 1.82) is 0 Å². The summed E-state index contributed by atoms with van der Waals surface area (Å²) in [4.78, 5) is 22.4. The number of sulfonamides is 1. The van der Waals surface area contributed by atoms with Crippen molar-refractivity contribution in [2.24, 2.45) is 0 Å². The Kier molecular flexibility index (Phi) is 6.09. The van der Waals surface area contributed by atoms with Crippen molar-refractivity contribution in [2.75, 3.05) is 32.8 Å². The molecule has 0 amide bonds. The molecule has 1 aromatic carbocycles. The summed E-state index contributed by atoms with van der Waals surface area (Å²) in [6, 6.07) is 2.17. The molecule has 0 saturated carbocycles. The highest BCUT2D eigenvalue weighted by Crippen LogP contribution is 2.29. The van der Waals surface area contributed by atoms with Gasteiger partial charge >= 0.3 is 5.97 Å².